The van der Waals surface area contributed by atoms with Crippen molar-refractivity contribution < 1.29 is 13.2 Å². The Balaban J connectivity index is 1.63. The summed E-state index contributed by atoms with van der Waals surface area (Å²) in [7, 11) is -3.49. The van der Waals surface area contributed by atoms with E-state index in [1.807, 2.05) is 19.1 Å². The van der Waals surface area contributed by atoms with E-state index in [1.54, 1.807) is 49.4 Å². The molecule has 0 radical (unpaired) electrons. The molecule has 0 saturated carbocycles. The summed E-state index contributed by atoms with van der Waals surface area (Å²) in [6.07, 6.45) is 0. The molecule has 5 nitrogen and oxygen atoms in total. The summed E-state index contributed by atoms with van der Waals surface area (Å²) in [4.78, 5) is 12.5. The summed E-state index contributed by atoms with van der Waals surface area (Å²) in [5.41, 5.74) is 2.96. The predicted molar refractivity (Wildman–Crippen MR) is 126 cm³/mol. The Hall–Kier alpha value is -2.54. The summed E-state index contributed by atoms with van der Waals surface area (Å²) >= 11 is 12.2. The van der Waals surface area contributed by atoms with Crippen molar-refractivity contribution in [3.63, 3.8) is 0 Å². The normalized spacial score (nSPS) is 12.3. The summed E-state index contributed by atoms with van der Waals surface area (Å²) < 4.78 is 25.3. The Labute approximate surface area is 192 Å². The molecule has 3 rings (SSSR count). The first-order valence-corrected chi connectivity index (χ1v) is 12.0. The lowest BCUT2D eigenvalue weighted by Gasteiger charge is -2.17. The van der Waals surface area contributed by atoms with Crippen molar-refractivity contribution in [2.24, 2.45) is 0 Å². The molecule has 0 aromatic heterocycles. The highest BCUT2D eigenvalue weighted by atomic mass is 35.5. The lowest BCUT2D eigenvalue weighted by atomic mass is 10.1. The zero-order valence-corrected chi connectivity index (χ0v) is 19.4. The van der Waals surface area contributed by atoms with E-state index >= 15 is 0 Å². The first-order chi connectivity index (χ1) is 14.7. The topological polar surface area (TPSA) is 75.3 Å². The highest BCUT2D eigenvalue weighted by molar-refractivity contribution is 7.90. The van der Waals surface area contributed by atoms with Gasteiger partial charge in [0.05, 0.1) is 26.7 Å². The SMILES string of the molecule is Cc1ccc(CS(=O)(=O)c2ccc(NC(=O)NC(C)c3cccc(Cl)c3Cl)cc2)cc1. The average molecular weight is 477 g/mol. The number of amides is 2. The third-order valence-electron chi connectivity index (χ3n) is 4.74. The molecule has 3 aromatic carbocycles. The highest BCUT2D eigenvalue weighted by Gasteiger charge is 2.17. The molecule has 0 heterocycles. The molecule has 1 unspecified atom stereocenters. The summed E-state index contributed by atoms with van der Waals surface area (Å²) in [6, 6.07) is 17.9. The number of halogens is 2. The van der Waals surface area contributed by atoms with Crippen molar-refractivity contribution in [1.29, 1.82) is 0 Å². The molecule has 0 spiro atoms. The quantitative estimate of drug-likeness (QED) is 0.447. The van der Waals surface area contributed by atoms with Gasteiger partial charge < -0.3 is 10.6 Å². The van der Waals surface area contributed by atoms with Crippen molar-refractivity contribution in [1.82, 2.24) is 5.32 Å². The second kappa shape index (κ2) is 9.73. The molecule has 0 aliphatic rings. The number of carbonyl (C=O) groups is 1. The van der Waals surface area contributed by atoms with E-state index in [0.717, 1.165) is 11.1 Å². The van der Waals surface area contributed by atoms with E-state index in [0.29, 0.717) is 21.3 Å². The fourth-order valence-electron chi connectivity index (χ4n) is 3.03. The number of sulfone groups is 1. The summed E-state index contributed by atoms with van der Waals surface area (Å²) in [6.45, 7) is 3.74. The smallest absolute Gasteiger partial charge is 0.319 e. The maximum Gasteiger partial charge on any atom is 0.319 e. The molecule has 1 atom stereocenters. The van der Waals surface area contributed by atoms with Crippen LogP contribution in [0.4, 0.5) is 10.5 Å². The number of hydrogen-bond donors (Lipinski definition) is 2. The molecule has 0 aliphatic carbocycles. The number of carbonyl (C=O) groups excluding carboxylic acids is 1. The summed E-state index contributed by atoms with van der Waals surface area (Å²) in [5.74, 6) is -0.0849. The van der Waals surface area contributed by atoms with Gasteiger partial charge in [-0.1, -0.05) is 65.2 Å². The van der Waals surface area contributed by atoms with Crippen LogP contribution in [0.15, 0.2) is 71.6 Å². The Morgan fingerprint density at radius 2 is 1.61 bits per heavy atom. The summed E-state index contributed by atoms with van der Waals surface area (Å²) in [5, 5.41) is 6.28. The molecule has 2 N–H and O–H groups in total. The second-order valence-electron chi connectivity index (χ2n) is 7.23. The van der Waals surface area contributed by atoms with Crippen molar-refractivity contribution in [3.8, 4) is 0 Å². The van der Waals surface area contributed by atoms with Crippen molar-refractivity contribution in [2.75, 3.05) is 5.32 Å². The lowest BCUT2D eigenvalue weighted by molar-refractivity contribution is 0.249. The molecule has 3 aromatic rings. The van der Waals surface area contributed by atoms with Gasteiger partial charge in [-0.05, 0) is 55.3 Å². The average Bonchev–Trinajstić information content (AvgIpc) is 2.72. The van der Waals surface area contributed by atoms with Crippen LogP contribution in [0.1, 0.15) is 29.7 Å². The van der Waals surface area contributed by atoms with Crippen LogP contribution < -0.4 is 10.6 Å². The molecule has 31 heavy (non-hydrogen) atoms. The van der Waals surface area contributed by atoms with Gasteiger partial charge in [0, 0.05) is 5.69 Å². The van der Waals surface area contributed by atoms with E-state index in [2.05, 4.69) is 10.6 Å². The minimum absolute atomic E-state index is 0.0849. The molecule has 0 fully saturated rings. The maximum absolute atomic E-state index is 12.7. The third kappa shape index (κ3) is 6.00. The number of hydrogen-bond acceptors (Lipinski definition) is 3. The van der Waals surface area contributed by atoms with Gasteiger partial charge in [0.2, 0.25) is 0 Å². The van der Waals surface area contributed by atoms with E-state index in [4.69, 9.17) is 23.2 Å². The second-order valence-corrected chi connectivity index (χ2v) is 10.0. The number of aryl methyl sites for hydroxylation is 1. The van der Waals surface area contributed by atoms with Crippen molar-refractivity contribution in [2.45, 2.75) is 30.5 Å². The number of anilines is 1. The van der Waals surface area contributed by atoms with Gasteiger partial charge >= 0.3 is 6.03 Å². The number of benzene rings is 3. The van der Waals surface area contributed by atoms with Crippen molar-refractivity contribution >= 4 is 44.8 Å². The zero-order chi connectivity index (χ0) is 22.6. The number of urea groups is 1. The molecule has 162 valence electrons. The fourth-order valence-corrected chi connectivity index (χ4v) is 4.85. The number of nitrogens with one attached hydrogen (secondary N) is 2. The van der Waals surface area contributed by atoms with E-state index in [-0.39, 0.29) is 16.7 Å². The molecule has 8 heteroatoms. The van der Waals surface area contributed by atoms with Crippen molar-refractivity contribution in [3.05, 3.63) is 93.5 Å². The molecule has 0 saturated heterocycles. The van der Waals surface area contributed by atoms with E-state index in [9.17, 15) is 13.2 Å². The third-order valence-corrected chi connectivity index (χ3v) is 7.28. The Morgan fingerprint density at radius 3 is 2.26 bits per heavy atom. The van der Waals surface area contributed by atoms with Gasteiger partial charge in [-0.15, -0.1) is 0 Å². The van der Waals surface area contributed by atoms with Crippen LogP contribution in [0.3, 0.4) is 0 Å². The van der Waals surface area contributed by atoms with Gasteiger partial charge in [0.15, 0.2) is 9.84 Å². The number of rotatable bonds is 6. The molecule has 0 aliphatic heterocycles. The van der Waals surface area contributed by atoms with Gasteiger partial charge in [-0.2, -0.15) is 0 Å². The van der Waals surface area contributed by atoms with Crippen LogP contribution in [0, 0.1) is 6.92 Å². The van der Waals surface area contributed by atoms with Crippen LogP contribution in [0.25, 0.3) is 0 Å². The van der Waals surface area contributed by atoms with E-state index < -0.39 is 15.9 Å². The molecule has 0 bridgehead atoms. The van der Waals surface area contributed by atoms with Crippen LogP contribution in [-0.4, -0.2) is 14.4 Å². The Morgan fingerprint density at radius 1 is 0.968 bits per heavy atom. The lowest BCUT2D eigenvalue weighted by Crippen LogP contribution is -2.31. The van der Waals surface area contributed by atoms with Crippen LogP contribution >= 0.6 is 23.2 Å². The maximum atomic E-state index is 12.7. The van der Waals surface area contributed by atoms with Gasteiger partial charge in [0.1, 0.15) is 0 Å². The zero-order valence-electron chi connectivity index (χ0n) is 17.0. The first kappa shape index (κ1) is 23.1. The predicted octanol–water partition coefficient (Wildman–Crippen LogP) is 6.16. The fraction of sp³-hybridized carbons (Fsp3) is 0.174. The van der Waals surface area contributed by atoms with Crippen LogP contribution in [0.2, 0.25) is 10.0 Å². The Bertz CT molecular complexity index is 1180. The highest BCUT2D eigenvalue weighted by Crippen LogP contribution is 2.29. The standard InChI is InChI=1S/C23H22Cl2N2O3S/c1-15-6-8-17(9-7-15)14-31(29,30)19-12-10-18(11-13-19)27-23(28)26-16(2)20-4-3-5-21(24)22(20)25/h3-13,16H,14H2,1-2H3,(H2,26,27,28). The largest absolute Gasteiger partial charge is 0.331 e. The monoisotopic (exact) mass is 476 g/mol. The van der Waals surface area contributed by atoms with Gasteiger partial charge in [0.25, 0.3) is 0 Å². The first-order valence-electron chi connectivity index (χ1n) is 9.55. The van der Waals surface area contributed by atoms with Gasteiger partial charge in [-0.3, -0.25) is 0 Å². The van der Waals surface area contributed by atoms with Crippen LogP contribution in [-0.2, 0) is 15.6 Å². The van der Waals surface area contributed by atoms with Crippen LogP contribution in [0.5, 0.6) is 0 Å². The molecule has 2 amide bonds. The minimum Gasteiger partial charge on any atom is -0.331 e. The minimum atomic E-state index is -3.49. The van der Waals surface area contributed by atoms with Gasteiger partial charge in [-0.25, -0.2) is 13.2 Å². The molecular weight excluding hydrogens is 455 g/mol. The van der Waals surface area contributed by atoms with E-state index in [1.165, 1.54) is 12.1 Å². The molecular formula is C23H22Cl2N2O3S. The Kier molecular flexibility index (Phi) is 7.26.